The lowest BCUT2D eigenvalue weighted by Gasteiger charge is -2.12. The van der Waals surface area contributed by atoms with Crippen LogP contribution >= 0.6 is 11.3 Å². The molecule has 0 aliphatic rings. The van der Waals surface area contributed by atoms with E-state index in [0.29, 0.717) is 17.8 Å². The molecule has 3 rings (SSSR count). The quantitative estimate of drug-likeness (QED) is 0.590. The molecular formula is C20H21NO5S. The molecular weight excluding hydrogens is 366 g/mol. The number of para-hydroxylation sites is 1. The number of rotatable bonds is 8. The van der Waals surface area contributed by atoms with E-state index in [1.807, 2.05) is 49.6 Å². The van der Waals surface area contributed by atoms with Gasteiger partial charge in [-0.2, -0.15) is 0 Å². The number of thiophene rings is 1. The van der Waals surface area contributed by atoms with Gasteiger partial charge < -0.3 is 19.2 Å². The minimum atomic E-state index is -0.681. The van der Waals surface area contributed by atoms with Crippen molar-refractivity contribution in [1.82, 2.24) is 5.32 Å². The second kappa shape index (κ2) is 8.83. The number of ether oxygens (including phenoxy) is 2. The van der Waals surface area contributed by atoms with Gasteiger partial charge in [0.1, 0.15) is 5.58 Å². The predicted octanol–water partition coefficient (Wildman–Crippen LogP) is 4.07. The summed E-state index contributed by atoms with van der Waals surface area (Å²) in [6.45, 7) is 4.13. The average molecular weight is 387 g/mol. The van der Waals surface area contributed by atoms with Gasteiger partial charge in [-0.1, -0.05) is 24.3 Å². The number of amides is 1. The molecule has 1 N–H and O–H groups in total. The molecule has 0 saturated heterocycles. The Labute approximate surface area is 161 Å². The van der Waals surface area contributed by atoms with E-state index in [-0.39, 0.29) is 30.9 Å². The molecule has 0 radical (unpaired) electrons. The zero-order chi connectivity index (χ0) is 19.2. The zero-order valence-corrected chi connectivity index (χ0v) is 16.0. The maximum atomic E-state index is 12.5. The third kappa shape index (κ3) is 4.56. The first kappa shape index (κ1) is 19.1. The van der Waals surface area contributed by atoms with Crippen molar-refractivity contribution in [3.05, 3.63) is 58.0 Å². The van der Waals surface area contributed by atoms with Crippen molar-refractivity contribution in [2.24, 2.45) is 0 Å². The molecule has 0 fully saturated rings. The lowest BCUT2D eigenvalue weighted by Crippen LogP contribution is -2.30. The number of fused-ring (bicyclic) bond motifs is 1. The van der Waals surface area contributed by atoms with Gasteiger partial charge in [0.2, 0.25) is 5.76 Å². The molecule has 1 aromatic carbocycles. The molecule has 0 unspecified atom stereocenters. The first-order valence-electron chi connectivity index (χ1n) is 8.68. The number of esters is 1. The van der Waals surface area contributed by atoms with Gasteiger partial charge >= 0.3 is 5.97 Å². The summed E-state index contributed by atoms with van der Waals surface area (Å²) in [5.41, 5.74) is 1.21. The molecule has 0 aliphatic heterocycles. The van der Waals surface area contributed by atoms with Gasteiger partial charge in [0.25, 0.3) is 5.91 Å². The van der Waals surface area contributed by atoms with E-state index in [4.69, 9.17) is 13.9 Å². The van der Waals surface area contributed by atoms with Gasteiger partial charge in [-0.3, -0.25) is 4.79 Å². The van der Waals surface area contributed by atoms with Gasteiger partial charge in [0.05, 0.1) is 12.6 Å². The largest absolute Gasteiger partial charge is 0.450 e. The van der Waals surface area contributed by atoms with Crippen LogP contribution in [0.25, 0.3) is 11.0 Å². The molecule has 2 heterocycles. The van der Waals surface area contributed by atoms with E-state index in [1.165, 1.54) is 0 Å². The van der Waals surface area contributed by atoms with Crippen LogP contribution in [0.1, 0.15) is 40.9 Å². The van der Waals surface area contributed by atoms with E-state index in [9.17, 15) is 9.59 Å². The van der Waals surface area contributed by atoms with Crippen LogP contribution in [0.15, 0.2) is 46.2 Å². The van der Waals surface area contributed by atoms with Gasteiger partial charge in [0, 0.05) is 22.4 Å². The summed E-state index contributed by atoms with van der Waals surface area (Å²) in [4.78, 5) is 25.6. The van der Waals surface area contributed by atoms with Crippen molar-refractivity contribution >= 4 is 34.2 Å². The third-order valence-electron chi connectivity index (χ3n) is 4.02. The Hall–Kier alpha value is -2.64. The number of carbonyl (C=O) groups is 2. The van der Waals surface area contributed by atoms with Crippen molar-refractivity contribution in [1.29, 1.82) is 0 Å². The normalized spacial score (nSPS) is 12.1. The van der Waals surface area contributed by atoms with Crippen LogP contribution in [-0.4, -0.2) is 25.1 Å². The van der Waals surface area contributed by atoms with Gasteiger partial charge in [-0.25, -0.2) is 4.79 Å². The van der Waals surface area contributed by atoms with E-state index < -0.39 is 5.97 Å². The molecule has 142 valence electrons. The summed E-state index contributed by atoms with van der Waals surface area (Å²) in [6, 6.07) is 11.0. The first-order chi connectivity index (χ1) is 13.1. The van der Waals surface area contributed by atoms with Crippen molar-refractivity contribution in [3.8, 4) is 0 Å². The Kier molecular flexibility index (Phi) is 6.26. The van der Waals surface area contributed by atoms with Crippen LogP contribution in [0, 0.1) is 0 Å². The summed E-state index contributed by atoms with van der Waals surface area (Å²) in [7, 11) is 0. The summed E-state index contributed by atoms with van der Waals surface area (Å²) in [5, 5.41) is 5.55. The van der Waals surface area contributed by atoms with Crippen molar-refractivity contribution in [3.63, 3.8) is 0 Å². The smallest absolute Gasteiger partial charge is 0.375 e. The number of furan rings is 1. The fourth-order valence-corrected chi connectivity index (χ4v) is 3.43. The van der Waals surface area contributed by atoms with E-state index >= 15 is 0 Å². The van der Waals surface area contributed by atoms with Crippen molar-refractivity contribution in [2.75, 3.05) is 13.2 Å². The Morgan fingerprint density at radius 2 is 2.04 bits per heavy atom. The SMILES string of the molecule is CCOCc1c(C(=O)OCC(=O)N[C@H](C)c2cccs2)oc2ccccc12. The monoisotopic (exact) mass is 387 g/mol. The maximum absolute atomic E-state index is 12.5. The Morgan fingerprint density at radius 3 is 2.78 bits per heavy atom. The number of hydrogen-bond acceptors (Lipinski definition) is 6. The molecule has 6 nitrogen and oxygen atoms in total. The number of benzene rings is 1. The summed E-state index contributed by atoms with van der Waals surface area (Å²) in [5.74, 6) is -0.977. The van der Waals surface area contributed by atoms with Crippen LogP contribution in [0.5, 0.6) is 0 Å². The molecule has 0 bridgehead atoms. The van der Waals surface area contributed by atoms with Gasteiger partial charge in [-0.05, 0) is 31.4 Å². The molecule has 1 amide bonds. The summed E-state index contributed by atoms with van der Waals surface area (Å²) in [6.07, 6.45) is 0. The highest BCUT2D eigenvalue weighted by molar-refractivity contribution is 7.10. The van der Waals surface area contributed by atoms with Gasteiger partial charge in [0.15, 0.2) is 6.61 Å². The topological polar surface area (TPSA) is 77.8 Å². The van der Waals surface area contributed by atoms with Crippen LogP contribution < -0.4 is 5.32 Å². The number of hydrogen-bond donors (Lipinski definition) is 1. The molecule has 0 spiro atoms. The number of nitrogens with one attached hydrogen (secondary N) is 1. The standard InChI is InChI=1S/C20H21NO5S/c1-3-24-11-15-14-7-4-5-8-16(14)26-19(15)20(23)25-12-18(22)21-13(2)17-9-6-10-27-17/h4-10,13H,3,11-12H2,1-2H3,(H,21,22)/t13-/m1/s1. The Bertz CT molecular complexity index is 916. The lowest BCUT2D eigenvalue weighted by atomic mass is 10.1. The average Bonchev–Trinajstić information content (AvgIpc) is 3.32. The van der Waals surface area contributed by atoms with Crippen LogP contribution in [0.3, 0.4) is 0 Å². The molecule has 3 aromatic rings. The Morgan fingerprint density at radius 1 is 1.22 bits per heavy atom. The fourth-order valence-electron chi connectivity index (χ4n) is 2.70. The minimum absolute atomic E-state index is 0.0729. The predicted molar refractivity (Wildman–Crippen MR) is 103 cm³/mol. The molecule has 7 heteroatoms. The third-order valence-corrected chi connectivity index (χ3v) is 5.07. The van der Waals surface area contributed by atoms with Gasteiger partial charge in [-0.15, -0.1) is 11.3 Å². The summed E-state index contributed by atoms with van der Waals surface area (Å²) < 4.78 is 16.3. The molecule has 0 aliphatic carbocycles. The fraction of sp³-hybridized carbons (Fsp3) is 0.300. The van der Waals surface area contributed by atoms with Crippen molar-refractivity contribution in [2.45, 2.75) is 26.5 Å². The second-order valence-electron chi connectivity index (χ2n) is 5.92. The first-order valence-corrected chi connectivity index (χ1v) is 9.56. The Balaban J connectivity index is 1.66. The van der Waals surface area contributed by atoms with E-state index in [1.54, 1.807) is 17.4 Å². The zero-order valence-electron chi connectivity index (χ0n) is 15.2. The van der Waals surface area contributed by atoms with Crippen LogP contribution in [0.2, 0.25) is 0 Å². The number of carbonyl (C=O) groups excluding carboxylic acids is 2. The second-order valence-corrected chi connectivity index (χ2v) is 6.90. The molecule has 27 heavy (non-hydrogen) atoms. The highest BCUT2D eigenvalue weighted by Gasteiger charge is 2.23. The lowest BCUT2D eigenvalue weighted by molar-refractivity contribution is -0.124. The van der Waals surface area contributed by atoms with Crippen molar-refractivity contribution < 1.29 is 23.5 Å². The molecule has 0 saturated carbocycles. The molecule has 1 atom stereocenters. The highest BCUT2D eigenvalue weighted by atomic mass is 32.1. The van der Waals surface area contributed by atoms with Crippen LogP contribution in [0.4, 0.5) is 0 Å². The van der Waals surface area contributed by atoms with Crippen LogP contribution in [-0.2, 0) is 20.9 Å². The van der Waals surface area contributed by atoms with E-state index in [2.05, 4.69) is 5.32 Å². The highest BCUT2D eigenvalue weighted by Crippen LogP contribution is 2.27. The maximum Gasteiger partial charge on any atom is 0.375 e. The van der Waals surface area contributed by atoms with E-state index in [0.717, 1.165) is 10.3 Å². The summed E-state index contributed by atoms with van der Waals surface area (Å²) >= 11 is 1.55. The minimum Gasteiger partial charge on any atom is -0.450 e. The molecule has 2 aromatic heterocycles.